The van der Waals surface area contributed by atoms with Crippen LogP contribution in [0.2, 0.25) is 0 Å². The molecular weight excluding hydrogens is 364 g/mol. The van der Waals surface area contributed by atoms with Crippen LogP contribution in [0.1, 0.15) is 33.6 Å². The molecule has 0 unspecified atom stereocenters. The minimum absolute atomic E-state index is 0.136. The van der Waals surface area contributed by atoms with Crippen LogP contribution in [0.3, 0.4) is 0 Å². The lowest BCUT2D eigenvalue weighted by atomic mass is 10.1. The Morgan fingerprint density at radius 3 is 2.23 bits per heavy atom. The lowest BCUT2D eigenvalue weighted by Crippen LogP contribution is -2.49. The molecular formula is C16H22N2O7S. The van der Waals surface area contributed by atoms with Crippen molar-refractivity contribution in [3.8, 4) is 0 Å². The number of hydrogen-bond acceptors (Lipinski definition) is 6. The number of sulfonamides is 1. The highest BCUT2D eigenvalue weighted by molar-refractivity contribution is 7.90. The van der Waals surface area contributed by atoms with E-state index in [4.69, 9.17) is 9.84 Å². The molecule has 0 aliphatic rings. The Balaban J connectivity index is 2.90. The second kappa shape index (κ2) is 8.65. The molecule has 9 nitrogen and oxygen atoms in total. The first kappa shape index (κ1) is 21.4. The zero-order chi connectivity index (χ0) is 20.0. The first-order valence-corrected chi connectivity index (χ1v) is 9.22. The number of alkyl carbamates (subject to hydrolysis) is 1. The number of carboxylic acids is 1. The summed E-state index contributed by atoms with van der Waals surface area (Å²) < 4.78 is 31.3. The van der Waals surface area contributed by atoms with Gasteiger partial charge in [-0.25, -0.2) is 17.9 Å². The summed E-state index contributed by atoms with van der Waals surface area (Å²) in [5.41, 5.74) is -0.839. The van der Waals surface area contributed by atoms with E-state index >= 15 is 0 Å². The van der Waals surface area contributed by atoms with Gasteiger partial charge in [-0.15, -0.1) is 0 Å². The zero-order valence-electron chi connectivity index (χ0n) is 14.7. The molecule has 0 radical (unpaired) electrons. The molecule has 26 heavy (non-hydrogen) atoms. The van der Waals surface area contributed by atoms with E-state index in [2.05, 4.69) is 5.32 Å². The van der Waals surface area contributed by atoms with E-state index in [0.717, 1.165) is 0 Å². The monoisotopic (exact) mass is 386 g/mol. The van der Waals surface area contributed by atoms with Crippen molar-refractivity contribution in [2.24, 2.45) is 0 Å². The summed E-state index contributed by atoms with van der Waals surface area (Å²) in [6, 6.07) is 5.78. The first-order valence-electron chi connectivity index (χ1n) is 7.74. The van der Waals surface area contributed by atoms with Crippen molar-refractivity contribution in [3.05, 3.63) is 30.3 Å². The molecule has 3 N–H and O–H groups in total. The van der Waals surface area contributed by atoms with Crippen LogP contribution in [-0.4, -0.2) is 43.1 Å². The fourth-order valence-corrected chi connectivity index (χ4v) is 2.89. The van der Waals surface area contributed by atoms with Gasteiger partial charge in [-0.05, 0) is 39.3 Å². The van der Waals surface area contributed by atoms with Crippen LogP contribution in [0.25, 0.3) is 0 Å². The minimum Gasteiger partial charge on any atom is -0.481 e. The van der Waals surface area contributed by atoms with Gasteiger partial charge in [-0.2, -0.15) is 0 Å². The van der Waals surface area contributed by atoms with Gasteiger partial charge in [0.05, 0.1) is 4.90 Å². The molecule has 2 amide bonds. The molecule has 1 atom stereocenters. The Morgan fingerprint density at radius 2 is 1.73 bits per heavy atom. The third-order valence-corrected chi connectivity index (χ3v) is 4.31. The molecule has 144 valence electrons. The van der Waals surface area contributed by atoms with Crippen LogP contribution >= 0.6 is 0 Å². The number of ether oxygens (including phenoxy) is 1. The number of nitrogens with one attached hydrogen (secondary N) is 2. The highest BCUT2D eigenvalue weighted by Gasteiger charge is 2.28. The molecule has 0 aromatic heterocycles. The largest absolute Gasteiger partial charge is 0.481 e. The number of rotatable bonds is 7. The van der Waals surface area contributed by atoms with E-state index in [1.807, 2.05) is 4.72 Å². The predicted molar refractivity (Wildman–Crippen MR) is 91.8 cm³/mol. The quantitative estimate of drug-likeness (QED) is 0.641. The molecule has 1 aromatic carbocycles. The van der Waals surface area contributed by atoms with Gasteiger partial charge in [0.25, 0.3) is 15.9 Å². The SMILES string of the molecule is CC(C)(C)OC(=O)N[C@@H](CCC(=O)O)C(=O)NS(=O)(=O)c1ccccc1. The number of hydrogen-bond donors (Lipinski definition) is 3. The molecule has 1 rings (SSSR count). The summed E-state index contributed by atoms with van der Waals surface area (Å²) in [7, 11) is -4.15. The van der Waals surface area contributed by atoms with Crippen LogP contribution in [0, 0.1) is 0 Å². The van der Waals surface area contributed by atoms with Gasteiger partial charge in [0.1, 0.15) is 11.6 Å². The maximum absolute atomic E-state index is 12.3. The van der Waals surface area contributed by atoms with Crippen LogP contribution < -0.4 is 10.0 Å². The van der Waals surface area contributed by atoms with Crippen molar-refractivity contribution >= 4 is 28.0 Å². The number of carbonyl (C=O) groups excluding carboxylic acids is 2. The summed E-state index contributed by atoms with van der Waals surface area (Å²) in [4.78, 5) is 34.8. The normalized spacial score (nSPS) is 12.7. The van der Waals surface area contributed by atoms with E-state index in [-0.39, 0.29) is 11.3 Å². The van der Waals surface area contributed by atoms with Crippen molar-refractivity contribution in [1.29, 1.82) is 0 Å². The topological polar surface area (TPSA) is 139 Å². The lowest BCUT2D eigenvalue weighted by molar-refractivity contribution is -0.137. The highest BCUT2D eigenvalue weighted by Crippen LogP contribution is 2.10. The second-order valence-electron chi connectivity index (χ2n) is 6.41. The minimum atomic E-state index is -4.15. The average molecular weight is 386 g/mol. The number of carbonyl (C=O) groups is 3. The summed E-state index contributed by atoms with van der Waals surface area (Å²) in [5.74, 6) is -2.25. The summed E-state index contributed by atoms with van der Waals surface area (Å²) in [6.45, 7) is 4.83. The van der Waals surface area contributed by atoms with E-state index in [0.29, 0.717) is 0 Å². The fourth-order valence-electron chi connectivity index (χ4n) is 1.85. The van der Waals surface area contributed by atoms with E-state index < -0.39 is 46.1 Å². The summed E-state index contributed by atoms with van der Waals surface area (Å²) in [5, 5.41) is 11.0. The molecule has 10 heteroatoms. The van der Waals surface area contributed by atoms with E-state index in [9.17, 15) is 22.8 Å². The van der Waals surface area contributed by atoms with E-state index in [1.54, 1.807) is 26.8 Å². The fraction of sp³-hybridized carbons (Fsp3) is 0.438. The Morgan fingerprint density at radius 1 is 1.15 bits per heavy atom. The van der Waals surface area contributed by atoms with Gasteiger partial charge in [0, 0.05) is 6.42 Å². The Kier molecular flexibility index (Phi) is 7.13. The van der Waals surface area contributed by atoms with Crippen LogP contribution in [0.5, 0.6) is 0 Å². The molecule has 0 saturated heterocycles. The van der Waals surface area contributed by atoms with E-state index in [1.165, 1.54) is 24.3 Å². The van der Waals surface area contributed by atoms with Crippen LogP contribution in [-0.2, 0) is 24.3 Å². The van der Waals surface area contributed by atoms with Gasteiger partial charge < -0.3 is 15.2 Å². The predicted octanol–water partition coefficient (Wildman–Crippen LogP) is 1.25. The second-order valence-corrected chi connectivity index (χ2v) is 8.10. The molecule has 0 aliphatic heterocycles. The Hall–Kier alpha value is -2.62. The average Bonchev–Trinajstić information content (AvgIpc) is 2.49. The van der Waals surface area contributed by atoms with Crippen molar-refractivity contribution in [2.75, 3.05) is 0 Å². The lowest BCUT2D eigenvalue weighted by Gasteiger charge is -2.23. The maximum atomic E-state index is 12.3. The molecule has 1 aromatic rings. The standard InChI is InChI=1S/C16H22N2O7S/c1-16(2,3)25-15(22)17-12(9-10-13(19)20)14(21)18-26(23,24)11-7-5-4-6-8-11/h4-8,12H,9-10H2,1-3H3,(H,17,22)(H,18,21)(H,19,20)/t12-/m0/s1. The van der Waals surface area contributed by atoms with Crippen molar-refractivity contribution in [1.82, 2.24) is 10.0 Å². The molecule has 0 spiro atoms. The molecule has 0 bridgehead atoms. The molecule has 0 heterocycles. The van der Waals surface area contributed by atoms with Crippen LogP contribution in [0.15, 0.2) is 35.2 Å². The van der Waals surface area contributed by atoms with Crippen LogP contribution in [0.4, 0.5) is 4.79 Å². The number of carboxylic acid groups (broad SMARTS) is 1. The third kappa shape index (κ3) is 7.51. The summed E-state index contributed by atoms with van der Waals surface area (Å²) >= 11 is 0. The van der Waals surface area contributed by atoms with Gasteiger partial charge in [0.15, 0.2) is 0 Å². The van der Waals surface area contributed by atoms with Crippen molar-refractivity contribution < 1.29 is 32.6 Å². The Labute approximate surface area is 151 Å². The highest BCUT2D eigenvalue weighted by atomic mass is 32.2. The van der Waals surface area contributed by atoms with Gasteiger partial charge in [0.2, 0.25) is 0 Å². The number of benzene rings is 1. The van der Waals surface area contributed by atoms with Gasteiger partial charge in [-0.1, -0.05) is 18.2 Å². The molecule has 0 aliphatic carbocycles. The maximum Gasteiger partial charge on any atom is 0.408 e. The molecule has 0 saturated carbocycles. The van der Waals surface area contributed by atoms with Gasteiger partial charge >= 0.3 is 12.1 Å². The zero-order valence-corrected chi connectivity index (χ0v) is 15.5. The van der Waals surface area contributed by atoms with Gasteiger partial charge in [-0.3, -0.25) is 9.59 Å². The molecule has 0 fully saturated rings. The summed E-state index contributed by atoms with van der Waals surface area (Å²) in [6.07, 6.45) is -1.70. The smallest absolute Gasteiger partial charge is 0.408 e. The van der Waals surface area contributed by atoms with Crippen molar-refractivity contribution in [2.45, 2.75) is 50.2 Å². The first-order chi connectivity index (χ1) is 11.9. The third-order valence-electron chi connectivity index (χ3n) is 2.94. The Bertz CT molecular complexity index is 755. The van der Waals surface area contributed by atoms with Crippen molar-refractivity contribution in [3.63, 3.8) is 0 Å². The number of amides is 2. The number of aliphatic carboxylic acids is 1.